The molecule has 1 aromatic heterocycles. The van der Waals surface area contributed by atoms with Gasteiger partial charge in [-0.1, -0.05) is 13.0 Å². The van der Waals surface area contributed by atoms with Crippen molar-refractivity contribution in [2.45, 2.75) is 28.4 Å². The number of sulfonamides is 1. The van der Waals surface area contributed by atoms with Gasteiger partial charge < -0.3 is 15.1 Å². The van der Waals surface area contributed by atoms with Gasteiger partial charge in [-0.3, -0.25) is 9.59 Å². The zero-order valence-corrected chi connectivity index (χ0v) is 18.2. The predicted molar refractivity (Wildman–Crippen MR) is 119 cm³/mol. The molecule has 1 unspecified atom stereocenters. The number of carbonyl (C=O) groups excluding carboxylic acids is 2. The summed E-state index contributed by atoms with van der Waals surface area (Å²) >= 11 is 1.36. The van der Waals surface area contributed by atoms with Gasteiger partial charge >= 0.3 is 0 Å². The summed E-state index contributed by atoms with van der Waals surface area (Å²) in [5, 5.41) is 10.2. The van der Waals surface area contributed by atoms with E-state index in [1.54, 1.807) is 30.3 Å². The largest absolute Gasteiger partial charge is 0.459 e. The van der Waals surface area contributed by atoms with Crippen molar-refractivity contribution in [2.75, 3.05) is 10.6 Å². The number of rotatable bonds is 8. The van der Waals surface area contributed by atoms with E-state index in [0.29, 0.717) is 17.8 Å². The summed E-state index contributed by atoms with van der Waals surface area (Å²) in [5.41, 5.74) is 1.05. The number of amides is 2. The minimum Gasteiger partial charge on any atom is -0.459 e. The number of hydrogen-bond acceptors (Lipinski definition) is 6. The average molecular weight is 460 g/mol. The molecule has 31 heavy (non-hydrogen) atoms. The fourth-order valence-electron chi connectivity index (χ4n) is 2.68. The molecule has 1 atom stereocenters. The Morgan fingerprint density at radius 2 is 1.77 bits per heavy atom. The van der Waals surface area contributed by atoms with Crippen LogP contribution in [0.3, 0.4) is 0 Å². The van der Waals surface area contributed by atoms with Crippen LogP contribution in [-0.2, 0) is 14.8 Å². The lowest BCUT2D eigenvalue weighted by Crippen LogP contribution is -2.24. The van der Waals surface area contributed by atoms with E-state index in [0.717, 1.165) is 4.90 Å². The fraction of sp³-hybridized carbons (Fsp3) is 0.143. The molecule has 0 aliphatic carbocycles. The maximum atomic E-state index is 12.7. The van der Waals surface area contributed by atoms with Crippen LogP contribution in [0.15, 0.2) is 81.1 Å². The number of anilines is 2. The maximum Gasteiger partial charge on any atom is 0.291 e. The lowest BCUT2D eigenvalue weighted by molar-refractivity contribution is -0.115. The van der Waals surface area contributed by atoms with Crippen LogP contribution in [0.5, 0.6) is 0 Å². The van der Waals surface area contributed by atoms with E-state index in [9.17, 15) is 18.0 Å². The highest BCUT2D eigenvalue weighted by Gasteiger charge is 2.19. The third-order valence-electron chi connectivity index (χ3n) is 4.23. The number of thioether (sulfide) groups is 1. The van der Waals surface area contributed by atoms with E-state index < -0.39 is 15.3 Å². The van der Waals surface area contributed by atoms with Gasteiger partial charge in [-0.05, 0) is 61.0 Å². The number of carbonyl (C=O) groups is 2. The number of hydrogen-bond donors (Lipinski definition) is 3. The molecule has 0 saturated carbocycles. The quantitative estimate of drug-likeness (QED) is 0.440. The first-order valence-corrected chi connectivity index (χ1v) is 11.7. The van der Waals surface area contributed by atoms with E-state index >= 15 is 0 Å². The maximum absolute atomic E-state index is 12.7. The van der Waals surface area contributed by atoms with Gasteiger partial charge in [0.05, 0.1) is 16.4 Å². The van der Waals surface area contributed by atoms with Crippen LogP contribution in [0.4, 0.5) is 11.4 Å². The second-order valence-corrected chi connectivity index (χ2v) is 9.37. The van der Waals surface area contributed by atoms with Gasteiger partial charge in [-0.25, -0.2) is 13.6 Å². The topological polar surface area (TPSA) is 132 Å². The second kappa shape index (κ2) is 9.82. The monoisotopic (exact) mass is 459 g/mol. The van der Waals surface area contributed by atoms with Gasteiger partial charge in [-0.15, -0.1) is 11.8 Å². The van der Waals surface area contributed by atoms with Crippen molar-refractivity contribution in [1.82, 2.24) is 0 Å². The molecule has 3 aromatic rings. The van der Waals surface area contributed by atoms with Crippen molar-refractivity contribution in [3.63, 3.8) is 0 Å². The van der Waals surface area contributed by atoms with Gasteiger partial charge in [0.25, 0.3) is 5.91 Å². The van der Waals surface area contributed by atoms with E-state index in [1.165, 1.54) is 42.3 Å². The minimum atomic E-state index is -3.79. The summed E-state index contributed by atoms with van der Waals surface area (Å²) in [6.45, 7) is 1.89. The summed E-state index contributed by atoms with van der Waals surface area (Å²) in [7, 11) is -3.79. The van der Waals surface area contributed by atoms with E-state index in [1.807, 2.05) is 13.0 Å². The molecule has 0 spiro atoms. The summed E-state index contributed by atoms with van der Waals surface area (Å²) in [6.07, 6.45) is 1.99. The molecule has 0 fully saturated rings. The van der Waals surface area contributed by atoms with Crippen molar-refractivity contribution in [1.29, 1.82) is 0 Å². The van der Waals surface area contributed by atoms with Crippen LogP contribution in [0.25, 0.3) is 0 Å². The zero-order chi connectivity index (χ0) is 22.4. The van der Waals surface area contributed by atoms with Crippen LogP contribution in [0, 0.1) is 0 Å². The first-order chi connectivity index (χ1) is 14.8. The van der Waals surface area contributed by atoms with E-state index in [-0.39, 0.29) is 22.5 Å². The highest BCUT2D eigenvalue weighted by Crippen LogP contribution is 2.29. The first-order valence-electron chi connectivity index (χ1n) is 9.31. The Bertz CT molecular complexity index is 1160. The van der Waals surface area contributed by atoms with Gasteiger partial charge in [0.15, 0.2) is 5.76 Å². The molecule has 10 heteroatoms. The summed E-state index contributed by atoms with van der Waals surface area (Å²) in [4.78, 5) is 25.6. The first kappa shape index (κ1) is 22.6. The third kappa shape index (κ3) is 6.20. The van der Waals surface area contributed by atoms with Crippen molar-refractivity contribution in [2.24, 2.45) is 5.14 Å². The Morgan fingerprint density at radius 3 is 2.39 bits per heavy atom. The number of nitrogens with two attached hydrogens (primary N) is 1. The minimum absolute atomic E-state index is 0.0275. The molecule has 2 aromatic carbocycles. The van der Waals surface area contributed by atoms with Crippen LogP contribution in [0.1, 0.15) is 23.9 Å². The lowest BCUT2D eigenvalue weighted by atomic mass is 10.2. The molecule has 0 aliphatic rings. The van der Waals surface area contributed by atoms with Crippen molar-refractivity contribution in [3.05, 3.63) is 72.7 Å². The molecule has 1 heterocycles. The molecule has 2 amide bonds. The molecular weight excluding hydrogens is 438 g/mol. The lowest BCUT2D eigenvalue weighted by Gasteiger charge is -2.15. The van der Waals surface area contributed by atoms with Crippen molar-refractivity contribution < 1.29 is 22.4 Å². The highest BCUT2D eigenvalue weighted by molar-refractivity contribution is 8.00. The van der Waals surface area contributed by atoms with Gasteiger partial charge in [0.1, 0.15) is 0 Å². The molecule has 162 valence electrons. The van der Waals surface area contributed by atoms with Crippen LogP contribution >= 0.6 is 11.8 Å². The molecule has 3 rings (SSSR count). The summed E-state index contributed by atoms with van der Waals surface area (Å²) < 4.78 is 27.8. The Morgan fingerprint density at radius 1 is 1.03 bits per heavy atom. The Labute approximate surface area is 184 Å². The Balaban J connectivity index is 1.65. The molecule has 8 nitrogen and oxygen atoms in total. The van der Waals surface area contributed by atoms with Crippen LogP contribution in [-0.4, -0.2) is 25.5 Å². The zero-order valence-electron chi connectivity index (χ0n) is 16.6. The molecule has 4 N–H and O–H groups in total. The van der Waals surface area contributed by atoms with Gasteiger partial charge in [0.2, 0.25) is 15.9 Å². The molecule has 0 saturated heterocycles. The molecule has 0 aliphatic heterocycles. The predicted octanol–water partition coefficient (Wildman–Crippen LogP) is 3.69. The van der Waals surface area contributed by atoms with Gasteiger partial charge in [0, 0.05) is 16.3 Å². The van der Waals surface area contributed by atoms with Crippen molar-refractivity contribution >= 4 is 45.0 Å². The normalized spacial score (nSPS) is 12.2. The van der Waals surface area contributed by atoms with Crippen LogP contribution < -0.4 is 15.8 Å². The SMILES string of the molecule is CCC(Sc1cccc(NC(=O)c2ccco2)c1)C(=O)Nc1ccc(S(N)(=O)=O)cc1. The number of benzene rings is 2. The Kier molecular flexibility index (Phi) is 7.16. The van der Waals surface area contributed by atoms with Crippen molar-refractivity contribution in [3.8, 4) is 0 Å². The number of nitrogens with one attached hydrogen (secondary N) is 2. The molecular formula is C21H21N3O5S2. The third-order valence-corrected chi connectivity index (χ3v) is 6.52. The van der Waals surface area contributed by atoms with Crippen LogP contribution in [0.2, 0.25) is 0 Å². The number of furan rings is 1. The smallest absolute Gasteiger partial charge is 0.291 e. The highest BCUT2D eigenvalue weighted by atomic mass is 32.2. The molecule has 0 radical (unpaired) electrons. The average Bonchev–Trinajstić information content (AvgIpc) is 3.27. The number of primary sulfonamides is 1. The van der Waals surface area contributed by atoms with Gasteiger partial charge in [-0.2, -0.15) is 0 Å². The summed E-state index contributed by atoms with van der Waals surface area (Å²) in [5.74, 6) is -0.377. The Hall–Kier alpha value is -3.08. The fourth-order valence-corrected chi connectivity index (χ4v) is 4.21. The summed E-state index contributed by atoms with van der Waals surface area (Å²) in [6, 6.07) is 16.0. The van der Waals surface area contributed by atoms with E-state index in [4.69, 9.17) is 9.56 Å². The standard InChI is InChI=1S/C21H21N3O5S2/c1-2-19(21(26)23-14-8-10-17(11-9-14)31(22,27)28)30-16-6-3-5-15(13-16)24-20(25)18-7-4-12-29-18/h3-13,19H,2H2,1H3,(H,23,26)(H,24,25)(H2,22,27,28). The molecule has 0 bridgehead atoms. The second-order valence-electron chi connectivity index (χ2n) is 6.53. The van der Waals surface area contributed by atoms with E-state index in [2.05, 4.69) is 10.6 Å².